The van der Waals surface area contributed by atoms with E-state index in [0.29, 0.717) is 24.2 Å². The first kappa shape index (κ1) is 22.6. The van der Waals surface area contributed by atoms with Crippen molar-refractivity contribution in [2.45, 2.75) is 16.2 Å². The third-order valence-electron chi connectivity index (χ3n) is 3.95. The number of aromatic nitrogens is 2. The Morgan fingerprint density at radius 3 is 2.80 bits per heavy atom. The zero-order valence-corrected chi connectivity index (χ0v) is 18.5. The number of anilines is 1. The number of hydrogen-bond acceptors (Lipinski definition) is 10. The molecule has 0 aliphatic carbocycles. The molecule has 1 amide bonds. The number of nitrogens with zero attached hydrogens (tertiary/aromatic N) is 3. The number of nitrogens with one attached hydrogen (secondary N) is 1. The summed E-state index contributed by atoms with van der Waals surface area (Å²) in [5, 5.41) is 10.6. The van der Waals surface area contributed by atoms with Crippen molar-refractivity contribution in [2.75, 3.05) is 44.0 Å². The molecule has 2 aromatic rings. The molecule has 1 aromatic carbocycles. The monoisotopic (exact) mass is 472 g/mol. The molecule has 30 heavy (non-hydrogen) atoms. The molecule has 1 aliphatic rings. The molecule has 10 nitrogen and oxygen atoms in total. The molecule has 3 rings (SSSR count). The topological polar surface area (TPSA) is 128 Å². The summed E-state index contributed by atoms with van der Waals surface area (Å²) in [6.07, 6.45) is 0. The average Bonchev–Trinajstić information content (AvgIpc) is 3.20. The van der Waals surface area contributed by atoms with E-state index in [4.69, 9.17) is 9.47 Å². The number of hydrogen-bond donors (Lipinski definition) is 1. The standard InChI is InChI=1S/C17H20N4O6S3/c1-2-27-14(22)11-28-17-20-19-16(29-17)18-15(23)12-4-3-5-13(10-12)30(24,25)21-6-8-26-9-7-21/h3-5,10H,2,6-9,11H2,1H3,(H,18,19,23). The van der Waals surface area contributed by atoms with Crippen molar-refractivity contribution in [3.63, 3.8) is 0 Å². The van der Waals surface area contributed by atoms with Gasteiger partial charge in [-0.25, -0.2) is 8.42 Å². The van der Waals surface area contributed by atoms with Crippen LogP contribution in [0.15, 0.2) is 33.5 Å². The fourth-order valence-corrected chi connectivity index (χ4v) is 5.54. The minimum atomic E-state index is -3.71. The number of carbonyl (C=O) groups is 2. The van der Waals surface area contributed by atoms with E-state index in [-0.39, 0.29) is 40.4 Å². The summed E-state index contributed by atoms with van der Waals surface area (Å²) in [4.78, 5) is 24.0. The highest BCUT2D eigenvalue weighted by atomic mass is 32.2. The first-order valence-corrected chi connectivity index (χ1v) is 12.3. The molecule has 162 valence electrons. The zero-order chi connectivity index (χ0) is 21.6. The Labute approximate surface area is 182 Å². The Kier molecular flexibility index (Phi) is 7.77. The van der Waals surface area contributed by atoms with Crippen LogP contribution in [0.3, 0.4) is 0 Å². The number of ether oxygens (including phenoxy) is 2. The van der Waals surface area contributed by atoms with Crippen LogP contribution in [0.2, 0.25) is 0 Å². The van der Waals surface area contributed by atoms with Crippen LogP contribution in [0, 0.1) is 0 Å². The fraction of sp³-hybridized carbons (Fsp3) is 0.412. The molecule has 1 saturated heterocycles. The predicted molar refractivity (Wildman–Crippen MR) is 111 cm³/mol. The summed E-state index contributed by atoms with van der Waals surface area (Å²) in [5.74, 6) is -0.772. The second-order valence-electron chi connectivity index (χ2n) is 5.97. The number of sulfonamides is 1. The molecule has 0 radical (unpaired) electrons. The maximum Gasteiger partial charge on any atom is 0.316 e. The summed E-state index contributed by atoms with van der Waals surface area (Å²) in [7, 11) is -3.71. The lowest BCUT2D eigenvalue weighted by molar-refractivity contribution is -0.139. The molecule has 1 aliphatic heterocycles. The third-order valence-corrected chi connectivity index (χ3v) is 7.79. The van der Waals surface area contributed by atoms with E-state index in [9.17, 15) is 18.0 Å². The first-order chi connectivity index (χ1) is 14.4. The van der Waals surface area contributed by atoms with Gasteiger partial charge in [-0.15, -0.1) is 10.2 Å². The molecule has 0 unspecified atom stereocenters. The maximum atomic E-state index is 12.8. The normalized spacial score (nSPS) is 15.0. The Morgan fingerprint density at radius 2 is 2.07 bits per heavy atom. The molecular formula is C17H20N4O6S3. The second kappa shape index (κ2) is 10.3. The van der Waals surface area contributed by atoms with Crippen LogP contribution in [-0.2, 0) is 24.3 Å². The van der Waals surface area contributed by atoms with E-state index in [1.165, 1.54) is 28.6 Å². The maximum absolute atomic E-state index is 12.8. The van der Waals surface area contributed by atoms with Gasteiger partial charge in [-0.2, -0.15) is 4.31 Å². The third kappa shape index (κ3) is 5.76. The highest BCUT2D eigenvalue weighted by Gasteiger charge is 2.27. The van der Waals surface area contributed by atoms with Gasteiger partial charge in [0.2, 0.25) is 15.2 Å². The number of thioether (sulfide) groups is 1. The van der Waals surface area contributed by atoms with Crippen molar-refractivity contribution in [3.8, 4) is 0 Å². The van der Waals surface area contributed by atoms with Crippen LogP contribution < -0.4 is 5.32 Å². The van der Waals surface area contributed by atoms with Crippen molar-refractivity contribution in [1.29, 1.82) is 0 Å². The van der Waals surface area contributed by atoms with Crippen molar-refractivity contribution < 1.29 is 27.5 Å². The van der Waals surface area contributed by atoms with E-state index in [2.05, 4.69) is 15.5 Å². The molecule has 2 heterocycles. The van der Waals surface area contributed by atoms with Gasteiger partial charge in [0.05, 0.1) is 30.5 Å². The largest absolute Gasteiger partial charge is 0.465 e. The van der Waals surface area contributed by atoms with E-state index < -0.39 is 15.9 Å². The Hall–Kier alpha value is -2.06. The lowest BCUT2D eigenvalue weighted by atomic mass is 10.2. The molecule has 0 atom stereocenters. The molecule has 13 heteroatoms. The highest BCUT2D eigenvalue weighted by molar-refractivity contribution is 8.01. The van der Waals surface area contributed by atoms with E-state index in [1.807, 2.05) is 0 Å². The van der Waals surface area contributed by atoms with Crippen molar-refractivity contribution in [3.05, 3.63) is 29.8 Å². The highest BCUT2D eigenvalue weighted by Crippen LogP contribution is 2.26. The van der Waals surface area contributed by atoms with Gasteiger partial charge in [0.1, 0.15) is 0 Å². The number of benzene rings is 1. The second-order valence-corrected chi connectivity index (χ2v) is 10.1. The van der Waals surface area contributed by atoms with Gasteiger partial charge in [-0.1, -0.05) is 29.2 Å². The average molecular weight is 473 g/mol. The smallest absolute Gasteiger partial charge is 0.316 e. The summed E-state index contributed by atoms with van der Waals surface area (Å²) < 4.78 is 37.4. The molecular weight excluding hydrogens is 452 g/mol. The first-order valence-electron chi connectivity index (χ1n) is 9.01. The molecule has 1 aromatic heterocycles. The summed E-state index contributed by atoms with van der Waals surface area (Å²) >= 11 is 2.27. The van der Waals surface area contributed by atoms with Crippen LogP contribution in [0.1, 0.15) is 17.3 Å². The number of carbonyl (C=O) groups excluding carboxylic acids is 2. The van der Waals surface area contributed by atoms with E-state index in [1.54, 1.807) is 6.92 Å². The Morgan fingerprint density at radius 1 is 1.30 bits per heavy atom. The SMILES string of the molecule is CCOC(=O)CSc1nnc(NC(=O)c2cccc(S(=O)(=O)N3CCOCC3)c2)s1. The van der Waals surface area contributed by atoms with Gasteiger partial charge in [-0.05, 0) is 25.1 Å². The van der Waals surface area contributed by atoms with E-state index >= 15 is 0 Å². The number of rotatable bonds is 8. The summed E-state index contributed by atoms with van der Waals surface area (Å²) in [5.41, 5.74) is 0.181. The number of esters is 1. The minimum absolute atomic E-state index is 0.0417. The molecule has 0 spiro atoms. The van der Waals surface area contributed by atoms with E-state index in [0.717, 1.165) is 23.1 Å². The van der Waals surface area contributed by atoms with Gasteiger partial charge >= 0.3 is 5.97 Å². The van der Waals surface area contributed by atoms with Crippen LogP contribution in [0.5, 0.6) is 0 Å². The van der Waals surface area contributed by atoms with Gasteiger partial charge in [0.25, 0.3) is 5.91 Å². The van der Waals surface area contributed by atoms with Crippen LogP contribution in [0.25, 0.3) is 0 Å². The van der Waals surface area contributed by atoms with Gasteiger partial charge in [0.15, 0.2) is 4.34 Å². The predicted octanol–water partition coefficient (Wildman–Crippen LogP) is 1.47. The lowest BCUT2D eigenvalue weighted by Crippen LogP contribution is -2.40. The van der Waals surface area contributed by atoms with Crippen molar-refractivity contribution in [1.82, 2.24) is 14.5 Å². The Bertz CT molecular complexity index is 1000. The van der Waals surface area contributed by atoms with Gasteiger partial charge in [0, 0.05) is 18.7 Å². The molecule has 0 bridgehead atoms. The zero-order valence-electron chi connectivity index (χ0n) is 16.1. The van der Waals surface area contributed by atoms with Crippen LogP contribution >= 0.6 is 23.1 Å². The molecule has 1 fully saturated rings. The summed E-state index contributed by atoms with van der Waals surface area (Å²) in [6, 6.07) is 5.82. The quantitative estimate of drug-likeness (QED) is 0.345. The van der Waals surface area contributed by atoms with Crippen LogP contribution in [0.4, 0.5) is 5.13 Å². The fourth-order valence-electron chi connectivity index (χ4n) is 2.55. The van der Waals surface area contributed by atoms with Crippen molar-refractivity contribution in [2.24, 2.45) is 0 Å². The lowest BCUT2D eigenvalue weighted by Gasteiger charge is -2.26. The van der Waals surface area contributed by atoms with Crippen molar-refractivity contribution >= 4 is 50.1 Å². The van der Waals surface area contributed by atoms with Crippen LogP contribution in [-0.4, -0.2) is 73.5 Å². The molecule has 1 N–H and O–H groups in total. The van der Waals surface area contributed by atoms with Gasteiger partial charge < -0.3 is 9.47 Å². The number of amides is 1. The summed E-state index contributed by atoms with van der Waals surface area (Å²) in [6.45, 7) is 3.25. The number of morpholine rings is 1. The minimum Gasteiger partial charge on any atom is -0.465 e. The Balaban J connectivity index is 1.65. The van der Waals surface area contributed by atoms with Gasteiger partial charge in [-0.3, -0.25) is 14.9 Å². The molecule has 0 saturated carbocycles.